The highest BCUT2D eigenvalue weighted by Crippen LogP contribution is 2.32. The van der Waals surface area contributed by atoms with Crippen LogP contribution >= 0.6 is 0 Å². The van der Waals surface area contributed by atoms with Crippen molar-refractivity contribution in [1.29, 1.82) is 0 Å². The molecule has 0 spiro atoms. The molecule has 2 aromatic rings. The van der Waals surface area contributed by atoms with Crippen LogP contribution in [0.4, 0.5) is 5.69 Å². The summed E-state index contributed by atoms with van der Waals surface area (Å²) in [5.74, 6) is -1.22. The summed E-state index contributed by atoms with van der Waals surface area (Å²) in [4.78, 5) is 26.1. The lowest BCUT2D eigenvalue weighted by molar-refractivity contribution is -0.140. The van der Waals surface area contributed by atoms with E-state index in [0.29, 0.717) is 0 Å². The summed E-state index contributed by atoms with van der Waals surface area (Å²) in [7, 11) is 2.55. The molecule has 0 aliphatic carbocycles. The highest BCUT2D eigenvalue weighted by Gasteiger charge is 2.32. The number of esters is 2. The van der Waals surface area contributed by atoms with Gasteiger partial charge in [-0.15, -0.1) is 0 Å². The van der Waals surface area contributed by atoms with Gasteiger partial charge in [-0.1, -0.05) is 36.4 Å². The van der Waals surface area contributed by atoms with Crippen molar-refractivity contribution in [3.63, 3.8) is 0 Å². The number of ether oxygens (including phenoxy) is 3. The molecule has 140 valence electrons. The first-order valence-electron chi connectivity index (χ1n) is 8.48. The van der Waals surface area contributed by atoms with Crippen molar-refractivity contribution >= 4 is 17.6 Å². The van der Waals surface area contributed by atoms with Crippen molar-refractivity contribution in [2.24, 2.45) is 0 Å². The molecule has 0 atom stereocenters. The fourth-order valence-electron chi connectivity index (χ4n) is 3.10. The lowest BCUT2D eigenvalue weighted by atomic mass is 10.0. The van der Waals surface area contributed by atoms with Crippen LogP contribution in [0, 0.1) is 6.92 Å². The van der Waals surface area contributed by atoms with Crippen LogP contribution in [0.25, 0.3) is 11.1 Å². The summed E-state index contributed by atoms with van der Waals surface area (Å²) in [6.07, 6.45) is 0. The molecule has 6 heteroatoms. The van der Waals surface area contributed by atoms with Gasteiger partial charge < -0.3 is 19.1 Å². The molecule has 0 amide bonds. The van der Waals surface area contributed by atoms with E-state index in [1.165, 1.54) is 14.2 Å². The second-order valence-corrected chi connectivity index (χ2v) is 6.08. The number of nitrogens with zero attached hydrogens (tertiary/aromatic N) is 1. The van der Waals surface area contributed by atoms with Gasteiger partial charge in [0.15, 0.2) is 0 Å². The number of carbonyl (C=O) groups excluding carboxylic acids is 2. The largest absolute Gasteiger partial charge is 0.466 e. The van der Waals surface area contributed by atoms with E-state index in [9.17, 15) is 9.59 Å². The number of hydrogen-bond acceptors (Lipinski definition) is 6. The third-order valence-electron chi connectivity index (χ3n) is 4.43. The molecule has 0 bridgehead atoms. The number of carbonyl (C=O) groups is 2. The Kier molecular flexibility index (Phi) is 5.57. The average molecular weight is 367 g/mol. The molecule has 0 fully saturated rings. The lowest BCUT2D eigenvalue weighted by Crippen LogP contribution is -2.39. The Hall–Kier alpha value is -3.12. The van der Waals surface area contributed by atoms with Gasteiger partial charge in [0.05, 0.1) is 26.4 Å². The molecule has 3 rings (SSSR count). The van der Waals surface area contributed by atoms with E-state index in [1.807, 2.05) is 55.5 Å². The van der Waals surface area contributed by atoms with Crippen LogP contribution in [0.5, 0.6) is 0 Å². The molecule has 0 radical (unpaired) electrons. The van der Waals surface area contributed by atoms with Gasteiger partial charge in [0.2, 0.25) is 0 Å². The summed E-state index contributed by atoms with van der Waals surface area (Å²) >= 11 is 0. The van der Waals surface area contributed by atoms with Crippen molar-refractivity contribution in [3.8, 4) is 11.1 Å². The zero-order chi connectivity index (χ0) is 19.4. The number of benzene rings is 2. The average Bonchev–Trinajstić information content (AvgIpc) is 2.72. The molecule has 0 unspecified atom stereocenters. The van der Waals surface area contributed by atoms with Gasteiger partial charge >= 0.3 is 11.9 Å². The van der Waals surface area contributed by atoms with E-state index in [4.69, 9.17) is 14.2 Å². The van der Waals surface area contributed by atoms with E-state index >= 15 is 0 Å². The summed E-state index contributed by atoms with van der Waals surface area (Å²) in [5.41, 5.74) is 4.14. The monoisotopic (exact) mass is 367 g/mol. The number of methoxy groups -OCH3 is 2. The second kappa shape index (κ2) is 8.05. The summed E-state index contributed by atoms with van der Waals surface area (Å²) in [5, 5.41) is 0. The lowest BCUT2D eigenvalue weighted by Gasteiger charge is -2.32. The first-order chi connectivity index (χ1) is 13.1. The fourth-order valence-corrected chi connectivity index (χ4v) is 3.10. The van der Waals surface area contributed by atoms with E-state index in [1.54, 1.807) is 4.90 Å². The van der Waals surface area contributed by atoms with Gasteiger partial charge in [-0.25, -0.2) is 9.59 Å². The molecule has 0 saturated carbocycles. The zero-order valence-corrected chi connectivity index (χ0v) is 15.5. The molecule has 1 aliphatic heterocycles. The van der Waals surface area contributed by atoms with E-state index in [2.05, 4.69) is 0 Å². The van der Waals surface area contributed by atoms with Crippen LogP contribution in [0.15, 0.2) is 59.8 Å². The standard InChI is InChI=1S/C21H21NO5/c1-14-11-16(15-7-5-4-6-8-15)9-10-18(14)22-13-27-12-17(20(23)25-2)19(22)21(24)26-3/h4-11H,12-13H2,1-3H3. The molecule has 0 saturated heterocycles. The summed E-state index contributed by atoms with van der Waals surface area (Å²) in [6, 6.07) is 15.9. The maximum atomic E-state index is 12.4. The van der Waals surface area contributed by atoms with Crippen molar-refractivity contribution in [3.05, 3.63) is 65.4 Å². The molecule has 0 N–H and O–H groups in total. The Morgan fingerprint density at radius 3 is 2.30 bits per heavy atom. The minimum absolute atomic E-state index is 0.00521. The molecule has 1 heterocycles. The van der Waals surface area contributed by atoms with Gasteiger partial charge in [0.1, 0.15) is 12.4 Å². The van der Waals surface area contributed by atoms with Crippen molar-refractivity contribution in [2.45, 2.75) is 6.92 Å². The Labute approximate surface area is 158 Å². The minimum atomic E-state index is -0.612. The quantitative estimate of drug-likeness (QED) is 0.774. The first kappa shape index (κ1) is 18.7. The molecular formula is C21H21NO5. The Morgan fingerprint density at radius 1 is 0.963 bits per heavy atom. The predicted molar refractivity (Wildman–Crippen MR) is 101 cm³/mol. The van der Waals surface area contributed by atoms with Gasteiger partial charge in [0.25, 0.3) is 0 Å². The Morgan fingerprint density at radius 2 is 1.67 bits per heavy atom. The molecule has 1 aliphatic rings. The normalized spacial score (nSPS) is 14.1. The SMILES string of the molecule is COC(=O)C1=C(C(=O)OC)N(c2ccc(-c3ccccc3)cc2C)COC1. The van der Waals surface area contributed by atoms with E-state index in [0.717, 1.165) is 22.4 Å². The van der Waals surface area contributed by atoms with Crippen molar-refractivity contribution in [1.82, 2.24) is 0 Å². The molecular weight excluding hydrogens is 346 g/mol. The molecule has 27 heavy (non-hydrogen) atoms. The van der Waals surface area contributed by atoms with Crippen LogP contribution in [0.1, 0.15) is 5.56 Å². The van der Waals surface area contributed by atoms with Crippen LogP contribution < -0.4 is 4.90 Å². The van der Waals surface area contributed by atoms with Crippen LogP contribution in [-0.2, 0) is 23.8 Å². The van der Waals surface area contributed by atoms with Gasteiger partial charge in [-0.3, -0.25) is 0 Å². The zero-order valence-electron chi connectivity index (χ0n) is 15.5. The maximum absolute atomic E-state index is 12.4. The minimum Gasteiger partial charge on any atom is -0.466 e. The van der Waals surface area contributed by atoms with Crippen LogP contribution in [0.2, 0.25) is 0 Å². The van der Waals surface area contributed by atoms with Gasteiger partial charge in [-0.05, 0) is 35.7 Å². The van der Waals surface area contributed by atoms with E-state index < -0.39 is 11.9 Å². The van der Waals surface area contributed by atoms with Crippen LogP contribution in [0.3, 0.4) is 0 Å². The molecule has 2 aromatic carbocycles. The summed E-state index contributed by atoms with van der Waals surface area (Å²) in [6.45, 7) is 2.08. The first-order valence-corrected chi connectivity index (χ1v) is 8.48. The second-order valence-electron chi connectivity index (χ2n) is 6.08. The highest BCUT2D eigenvalue weighted by molar-refractivity contribution is 6.03. The van der Waals surface area contributed by atoms with Crippen molar-refractivity contribution < 1.29 is 23.8 Å². The van der Waals surface area contributed by atoms with Gasteiger partial charge in [0, 0.05) is 5.69 Å². The number of hydrogen-bond donors (Lipinski definition) is 0. The smallest absolute Gasteiger partial charge is 0.355 e. The third kappa shape index (κ3) is 3.71. The highest BCUT2D eigenvalue weighted by atomic mass is 16.5. The van der Waals surface area contributed by atoms with Gasteiger partial charge in [-0.2, -0.15) is 0 Å². The molecule has 0 aromatic heterocycles. The third-order valence-corrected chi connectivity index (χ3v) is 4.43. The van der Waals surface area contributed by atoms with Crippen molar-refractivity contribution in [2.75, 3.05) is 32.5 Å². The van der Waals surface area contributed by atoms with E-state index in [-0.39, 0.29) is 24.6 Å². The maximum Gasteiger partial charge on any atom is 0.355 e. The topological polar surface area (TPSA) is 65.1 Å². The van der Waals surface area contributed by atoms with Crippen LogP contribution in [-0.4, -0.2) is 39.5 Å². The predicted octanol–water partition coefficient (Wildman–Crippen LogP) is 3.06. The molecule has 6 nitrogen and oxygen atoms in total. The number of anilines is 1. The number of rotatable bonds is 4. The Balaban J connectivity index is 2.06. The summed E-state index contributed by atoms with van der Waals surface area (Å²) < 4.78 is 15.2. The number of aryl methyl sites for hydroxylation is 1. The fraction of sp³-hybridized carbons (Fsp3) is 0.238. The Bertz CT molecular complexity index is 889.